The van der Waals surface area contributed by atoms with Crippen molar-refractivity contribution in [1.82, 2.24) is 0 Å². The van der Waals surface area contributed by atoms with Gasteiger partial charge in [-0.25, -0.2) is 24.3 Å². The average molecular weight is 492 g/mol. The van der Waals surface area contributed by atoms with Crippen LogP contribution in [0.1, 0.15) is 82.7 Å². The SMILES string of the molecule is CCCCCCCCCCCC([c-]1cccc1)[N+](C)(C)C.[Br-].[Fe+2].c1cc[cH-]c1. The first-order chi connectivity index (χ1) is 12.6. The molecule has 0 heterocycles. The maximum absolute atomic E-state index is 2.32. The van der Waals surface area contributed by atoms with Crippen molar-refractivity contribution in [3.8, 4) is 0 Å². The molecule has 0 bridgehead atoms. The van der Waals surface area contributed by atoms with Crippen LogP contribution in [-0.4, -0.2) is 25.6 Å². The molecule has 0 aliphatic heterocycles. The Bertz CT molecular complexity index is 482. The Labute approximate surface area is 196 Å². The minimum Gasteiger partial charge on any atom is -1.00 e. The summed E-state index contributed by atoms with van der Waals surface area (Å²) in [4.78, 5) is 0. The van der Waals surface area contributed by atoms with Crippen molar-refractivity contribution in [3.05, 3.63) is 60.2 Å². The van der Waals surface area contributed by atoms with Gasteiger partial charge in [-0.1, -0.05) is 58.3 Å². The molecule has 0 radical (unpaired) electrons. The van der Waals surface area contributed by atoms with Gasteiger partial charge in [0.05, 0.1) is 27.2 Å². The predicted molar refractivity (Wildman–Crippen MR) is 117 cm³/mol. The molecule has 0 spiro atoms. The summed E-state index contributed by atoms with van der Waals surface area (Å²) < 4.78 is 1.04. The van der Waals surface area contributed by atoms with E-state index in [1.54, 1.807) is 0 Å². The monoisotopic (exact) mass is 491 g/mol. The molecule has 0 amide bonds. The van der Waals surface area contributed by atoms with Gasteiger partial charge in [-0.2, -0.15) is 30.3 Å². The van der Waals surface area contributed by atoms with Gasteiger partial charge >= 0.3 is 17.1 Å². The topological polar surface area (TPSA) is 0 Å². The number of nitrogens with zero attached hydrogens (tertiary/aromatic N) is 1. The van der Waals surface area contributed by atoms with Crippen LogP contribution in [0.25, 0.3) is 0 Å². The molecule has 2 rings (SSSR count). The molecular weight excluding hydrogens is 450 g/mol. The molecule has 0 saturated heterocycles. The zero-order valence-electron chi connectivity index (χ0n) is 18.5. The van der Waals surface area contributed by atoms with Crippen molar-refractivity contribution in [2.24, 2.45) is 0 Å². The number of quaternary nitrogens is 1. The zero-order chi connectivity index (χ0) is 19.1. The summed E-state index contributed by atoms with van der Waals surface area (Å²) in [6, 6.07) is 19.6. The first kappa shape index (κ1) is 29.9. The van der Waals surface area contributed by atoms with E-state index in [1.165, 1.54) is 69.8 Å². The maximum atomic E-state index is 2.32. The molecule has 0 aromatic heterocycles. The van der Waals surface area contributed by atoms with Gasteiger partial charge in [0.1, 0.15) is 0 Å². The van der Waals surface area contributed by atoms with E-state index in [1.807, 2.05) is 30.3 Å². The second kappa shape index (κ2) is 18.7. The van der Waals surface area contributed by atoms with Crippen LogP contribution >= 0.6 is 0 Å². The summed E-state index contributed by atoms with van der Waals surface area (Å²) in [6.07, 6.45) is 14.1. The van der Waals surface area contributed by atoms with Crippen molar-refractivity contribution in [1.29, 1.82) is 0 Å². The molecule has 2 aromatic rings. The molecule has 3 heteroatoms. The summed E-state index contributed by atoms with van der Waals surface area (Å²) in [5.41, 5.74) is 1.52. The van der Waals surface area contributed by atoms with Gasteiger partial charge in [-0.3, -0.25) is 0 Å². The van der Waals surface area contributed by atoms with Gasteiger partial charge in [0.15, 0.2) is 0 Å². The van der Waals surface area contributed by atoms with Gasteiger partial charge in [0, 0.05) is 0 Å². The van der Waals surface area contributed by atoms with E-state index in [4.69, 9.17) is 0 Å². The maximum Gasteiger partial charge on any atom is 2.00 e. The van der Waals surface area contributed by atoms with Crippen molar-refractivity contribution in [2.45, 2.75) is 77.2 Å². The summed E-state index contributed by atoms with van der Waals surface area (Å²) in [6.45, 7) is 2.29. The molecule has 0 saturated carbocycles. The fraction of sp³-hybridized carbons (Fsp3) is 0.600. The largest absolute Gasteiger partial charge is 2.00 e. The van der Waals surface area contributed by atoms with Crippen molar-refractivity contribution in [2.75, 3.05) is 21.1 Å². The summed E-state index contributed by atoms with van der Waals surface area (Å²) in [7, 11) is 6.97. The van der Waals surface area contributed by atoms with E-state index < -0.39 is 0 Å². The first-order valence-corrected chi connectivity index (χ1v) is 10.7. The van der Waals surface area contributed by atoms with Crippen molar-refractivity contribution in [3.63, 3.8) is 0 Å². The Morgan fingerprint density at radius 1 is 0.750 bits per heavy atom. The number of halogens is 1. The molecule has 1 atom stereocenters. The summed E-state index contributed by atoms with van der Waals surface area (Å²) >= 11 is 0. The molecule has 1 unspecified atom stereocenters. The number of unbranched alkanes of at least 4 members (excludes halogenated alkanes) is 8. The average Bonchev–Trinajstić information content (AvgIpc) is 3.32. The number of hydrogen-bond acceptors (Lipinski definition) is 0. The fourth-order valence-corrected chi connectivity index (χ4v) is 3.58. The Morgan fingerprint density at radius 2 is 1.21 bits per heavy atom. The molecular formula is C25H42BrFeN. The smallest absolute Gasteiger partial charge is 1.00 e. The van der Waals surface area contributed by atoms with Crippen LogP contribution in [0.15, 0.2) is 54.6 Å². The van der Waals surface area contributed by atoms with Gasteiger partial charge < -0.3 is 21.5 Å². The normalized spacial score (nSPS) is 11.6. The van der Waals surface area contributed by atoms with Crippen LogP contribution < -0.4 is 17.0 Å². The van der Waals surface area contributed by atoms with Crippen molar-refractivity contribution < 1.29 is 38.5 Å². The Balaban J connectivity index is 0. The number of hydrogen-bond donors (Lipinski definition) is 0. The minimum absolute atomic E-state index is 0. The van der Waals surface area contributed by atoms with Gasteiger partial charge in [0.2, 0.25) is 0 Å². The van der Waals surface area contributed by atoms with E-state index >= 15 is 0 Å². The zero-order valence-corrected chi connectivity index (χ0v) is 21.2. The Morgan fingerprint density at radius 3 is 1.61 bits per heavy atom. The van der Waals surface area contributed by atoms with Crippen LogP contribution in [0.3, 0.4) is 0 Å². The Hall–Kier alpha value is -0.341. The van der Waals surface area contributed by atoms with Crippen molar-refractivity contribution >= 4 is 0 Å². The minimum atomic E-state index is 0. The summed E-state index contributed by atoms with van der Waals surface area (Å²) in [5.74, 6) is 0. The molecule has 0 fully saturated rings. The van der Waals surface area contributed by atoms with E-state index in [2.05, 4.69) is 52.3 Å². The van der Waals surface area contributed by atoms with Crippen LogP contribution in [0.4, 0.5) is 0 Å². The summed E-state index contributed by atoms with van der Waals surface area (Å²) in [5, 5.41) is 0. The van der Waals surface area contributed by atoms with Crippen LogP contribution in [-0.2, 0) is 17.1 Å². The fourth-order valence-electron chi connectivity index (χ4n) is 3.58. The molecule has 1 nitrogen and oxygen atoms in total. The molecule has 0 N–H and O–H groups in total. The third kappa shape index (κ3) is 14.6. The second-order valence-corrected chi connectivity index (χ2v) is 8.43. The van der Waals surface area contributed by atoms with Crippen LogP contribution in [0.2, 0.25) is 0 Å². The van der Waals surface area contributed by atoms with Gasteiger partial charge in [-0.05, 0) is 12.8 Å². The standard InChI is InChI=1S/C20H37N.C5H5.BrH.Fe/c1-5-6-7-8-9-10-11-12-13-18-20(21(2,3)4)19-16-14-15-17-19;1-2-4-5-3-1;;/h14-17,20H,5-13,18H2,1-4H3;1-5H;1H;/q;-1;;+2/p-1. The van der Waals surface area contributed by atoms with E-state index in [-0.39, 0.29) is 34.1 Å². The molecule has 2 aromatic carbocycles. The predicted octanol–water partition coefficient (Wildman–Crippen LogP) is 4.48. The first-order valence-electron chi connectivity index (χ1n) is 10.7. The third-order valence-corrected chi connectivity index (χ3v) is 5.14. The van der Waals surface area contributed by atoms with E-state index in [9.17, 15) is 0 Å². The quantitative estimate of drug-likeness (QED) is 0.178. The van der Waals surface area contributed by atoms with E-state index in [0.717, 1.165) is 4.48 Å². The van der Waals surface area contributed by atoms with E-state index in [0.29, 0.717) is 6.04 Å². The molecule has 0 aliphatic carbocycles. The second-order valence-electron chi connectivity index (χ2n) is 8.43. The third-order valence-electron chi connectivity index (χ3n) is 5.14. The van der Waals surface area contributed by atoms with Crippen LogP contribution in [0.5, 0.6) is 0 Å². The van der Waals surface area contributed by atoms with Crippen LogP contribution in [0, 0.1) is 0 Å². The molecule has 0 aliphatic rings. The molecule has 28 heavy (non-hydrogen) atoms. The Kier molecular flexibility index (Phi) is 19.9. The number of rotatable bonds is 12. The molecule has 162 valence electrons. The van der Waals surface area contributed by atoms with Gasteiger partial charge in [-0.15, -0.1) is 5.56 Å². The van der Waals surface area contributed by atoms with Gasteiger partial charge in [0.25, 0.3) is 0 Å².